The Balaban J connectivity index is 2.40. The highest BCUT2D eigenvalue weighted by atomic mass is 35.5. The Kier molecular flexibility index (Phi) is 5.42. The van der Waals surface area contributed by atoms with Crippen LogP contribution in [0.2, 0.25) is 5.02 Å². The van der Waals surface area contributed by atoms with Crippen LogP contribution in [0, 0.1) is 11.7 Å². The molecule has 0 amide bonds. The van der Waals surface area contributed by atoms with Gasteiger partial charge >= 0.3 is 0 Å². The van der Waals surface area contributed by atoms with Crippen LogP contribution >= 0.6 is 11.6 Å². The molecular formula is C16H24ClFN2. The van der Waals surface area contributed by atoms with E-state index in [2.05, 4.69) is 18.7 Å². The Labute approximate surface area is 126 Å². The first kappa shape index (κ1) is 15.7. The van der Waals surface area contributed by atoms with Gasteiger partial charge < -0.3 is 5.73 Å². The van der Waals surface area contributed by atoms with Gasteiger partial charge in [-0.05, 0) is 37.4 Å². The van der Waals surface area contributed by atoms with Gasteiger partial charge in [0.15, 0.2) is 0 Å². The van der Waals surface area contributed by atoms with Crippen molar-refractivity contribution in [3.63, 3.8) is 0 Å². The first-order chi connectivity index (χ1) is 9.50. The fourth-order valence-corrected chi connectivity index (χ4v) is 3.40. The van der Waals surface area contributed by atoms with Gasteiger partial charge in [-0.15, -0.1) is 0 Å². The summed E-state index contributed by atoms with van der Waals surface area (Å²) in [6, 6.07) is 4.70. The number of hydrogen-bond acceptors (Lipinski definition) is 2. The lowest BCUT2D eigenvalue weighted by molar-refractivity contribution is 0.162. The molecule has 4 heteroatoms. The molecule has 0 aromatic heterocycles. The van der Waals surface area contributed by atoms with Crippen LogP contribution in [-0.4, -0.2) is 24.0 Å². The molecule has 0 bridgehead atoms. The molecule has 1 aliphatic heterocycles. The summed E-state index contributed by atoms with van der Waals surface area (Å²) in [6.45, 7) is 6.23. The highest BCUT2D eigenvalue weighted by molar-refractivity contribution is 6.31. The van der Waals surface area contributed by atoms with E-state index in [-0.39, 0.29) is 17.9 Å². The number of likely N-dealkylation sites (tertiary alicyclic amines) is 1. The van der Waals surface area contributed by atoms with Gasteiger partial charge in [0.2, 0.25) is 0 Å². The van der Waals surface area contributed by atoms with Crippen LogP contribution in [0.25, 0.3) is 0 Å². The van der Waals surface area contributed by atoms with Crippen molar-refractivity contribution in [1.82, 2.24) is 4.90 Å². The van der Waals surface area contributed by atoms with Gasteiger partial charge in [-0.3, -0.25) is 4.90 Å². The quantitative estimate of drug-likeness (QED) is 0.914. The van der Waals surface area contributed by atoms with E-state index in [1.165, 1.54) is 6.07 Å². The summed E-state index contributed by atoms with van der Waals surface area (Å²) in [4.78, 5) is 2.31. The molecule has 2 N–H and O–H groups in total. The van der Waals surface area contributed by atoms with Crippen LogP contribution < -0.4 is 5.73 Å². The molecule has 2 nitrogen and oxygen atoms in total. The summed E-state index contributed by atoms with van der Waals surface area (Å²) in [7, 11) is 0. The van der Waals surface area contributed by atoms with Gasteiger partial charge in [-0.25, -0.2) is 4.39 Å². The molecule has 1 fully saturated rings. The highest BCUT2D eigenvalue weighted by Gasteiger charge is 2.32. The Bertz CT molecular complexity index is 430. The van der Waals surface area contributed by atoms with Gasteiger partial charge in [-0.2, -0.15) is 0 Å². The zero-order valence-corrected chi connectivity index (χ0v) is 13.0. The van der Waals surface area contributed by atoms with E-state index in [0.29, 0.717) is 16.5 Å². The fraction of sp³-hybridized carbons (Fsp3) is 0.625. The third-order valence-corrected chi connectivity index (χ3v) is 4.26. The SMILES string of the molecule is CC(C)CN1CCCCC(N)C1c1c(F)cccc1Cl. The lowest BCUT2D eigenvalue weighted by Gasteiger charge is -2.35. The molecule has 0 aliphatic carbocycles. The van der Waals surface area contributed by atoms with Gasteiger partial charge in [0.05, 0.1) is 6.04 Å². The van der Waals surface area contributed by atoms with Gasteiger partial charge in [-0.1, -0.05) is 37.9 Å². The number of rotatable bonds is 3. The van der Waals surface area contributed by atoms with Crippen LogP contribution in [0.4, 0.5) is 4.39 Å². The second-order valence-electron chi connectivity index (χ2n) is 6.13. The van der Waals surface area contributed by atoms with Crippen molar-refractivity contribution in [2.45, 2.75) is 45.2 Å². The predicted octanol–water partition coefficient (Wildman–Crippen LogP) is 3.99. The molecule has 0 spiro atoms. The maximum Gasteiger partial charge on any atom is 0.129 e. The lowest BCUT2D eigenvalue weighted by atomic mass is 9.95. The van der Waals surface area contributed by atoms with Crippen molar-refractivity contribution in [1.29, 1.82) is 0 Å². The Morgan fingerprint density at radius 2 is 2.15 bits per heavy atom. The minimum absolute atomic E-state index is 0.0642. The van der Waals surface area contributed by atoms with Crippen molar-refractivity contribution in [3.8, 4) is 0 Å². The summed E-state index contributed by atoms with van der Waals surface area (Å²) >= 11 is 6.26. The average Bonchev–Trinajstić information content (AvgIpc) is 2.52. The van der Waals surface area contributed by atoms with Crippen LogP contribution in [-0.2, 0) is 0 Å². The number of benzene rings is 1. The van der Waals surface area contributed by atoms with Gasteiger partial charge in [0.25, 0.3) is 0 Å². The van der Waals surface area contributed by atoms with E-state index in [4.69, 9.17) is 17.3 Å². The standard InChI is InChI=1S/C16H24ClFN2/c1-11(2)10-20-9-4-3-8-14(19)16(20)15-12(17)6-5-7-13(15)18/h5-7,11,14,16H,3-4,8-10,19H2,1-2H3. The number of halogens is 2. The summed E-state index contributed by atoms with van der Waals surface area (Å²) < 4.78 is 14.3. The summed E-state index contributed by atoms with van der Waals surface area (Å²) in [6.07, 6.45) is 3.13. The van der Waals surface area contributed by atoms with Crippen molar-refractivity contribution >= 4 is 11.6 Å². The van der Waals surface area contributed by atoms with Crippen LogP contribution in [0.15, 0.2) is 18.2 Å². The van der Waals surface area contributed by atoms with Crippen LogP contribution in [0.3, 0.4) is 0 Å². The predicted molar refractivity (Wildman–Crippen MR) is 82.4 cm³/mol. The summed E-state index contributed by atoms with van der Waals surface area (Å²) in [5.74, 6) is 0.280. The van der Waals surface area contributed by atoms with Crippen LogP contribution in [0.5, 0.6) is 0 Å². The number of nitrogens with two attached hydrogens (primary N) is 1. The van der Waals surface area contributed by atoms with E-state index >= 15 is 0 Å². The maximum atomic E-state index is 14.3. The molecule has 1 aliphatic rings. The molecule has 1 saturated heterocycles. The zero-order valence-electron chi connectivity index (χ0n) is 12.3. The summed E-state index contributed by atoms with van der Waals surface area (Å²) in [5.41, 5.74) is 6.92. The van der Waals surface area contributed by atoms with Crippen LogP contribution in [0.1, 0.15) is 44.7 Å². The molecule has 0 saturated carbocycles. The third-order valence-electron chi connectivity index (χ3n) is 3.93. The normalized spacial score (nSPS) is 24.9. The fourth-order valence-electron chi connectivity index (χ4n) is 3.13. The first-order valence-electron chi connectivity index (χ1n) is 7.44. The van der Waals surface area contributed by atoms with Gasteiger partial charge in [0.1, 0.15) is 5.82 Å². The summed E-state index contributed by atoms with van der Waals surface area (Å²) in [5, 5.41) is 0.487. The minimum Gasteiger partial charge on any atom is -0.326 e. The van der Waals surface area contributed by atoms with E-state index in [0.717, 1.165) is 32.4 Å². The molecular weight excluding hydrogens is 275 g/mol. The topological polar surface area (TPSA) is 29.3 Å². The first-order valence-corrected chi connectivity index (χ1v) is 7.82. The van der Waals surface area contributed by atoms with E-state index in [1.54, 1.807) is 12.1 Å². The molecule has 0 radical (unpaired) electrons. The lowest BCUT2D eigenvalue weighted by Crippen LogP contribution is -2.42. The minimum atomic E-state index is -0.242. The monoisotopic (exact) mass is 298 g/mol. The van der Waals surface area contributed by atoms with E-state index in [9.17, 15) is 4.39 Å². The molecule has 1 aromatic carbocycles. The average molecular weight is 299 g/mol. The molecule has 1 aromatic rings. The second-order valence-corrected chi connectivity index (χ2v) is 6.54. The largest absolute Gasteiger partial charge is 0.326 e. The Morgan fingerprint density at radius 3 is 2.80 bits per heavy atom. The van der Waals surface area contributed by atoms with Crippen molar-refractivity contribution in [2.75, 3.05) is 13.1 Å². The molecule has 112 valence electrons. The highest BCUT2D eigenvalue weighted by Crippen LogP contribution is 2.35. The second kappa shape index (κ2) is 6.88. The maximum absolute atomic E-state index is 14.3. The van der Waals surface area contributed by atoms with Crippen molar-refractivity contribution in [2.24, 2.45) is 11.7 Å². The molecule has 2 atom stereocenters. The van der Waals surface area contributed by atoms with E-state index < -0.39 is 0 Å². The Morgan fingerprint density at radius 1 is 1.40 bits per heavy atom. The van der Waals surface area contributed by atoms with Crippen molar-refractivity contribution < 1.29 is 4.39 Å². The zero-order chi connectivity index (χ0) is 14.7. The smallest absolute Gasteiger partial charge is 0.129 e. The molecule has 1 heterocycles. The molecule has 2 rings (SSSR count). The van der Waals surface area contributed by atoms with Crippen molar-refractivity contribution in [3.05, 3.63) is 34.6 Å². The van der Waals surface area contributed by atoms with Gasteiger partial charge in [0, 0.05) is 23.2 Å². The number of hydrogen-bond donors (Lipinski definition) is 1. The Hall–Kier alpha value is -0.640. The number of nitrogens with zero attached hydrogens (tertiary/aromatic N) is 1. The third kappa shape index (κ3) is 3.51. The van der Waals surface area contributed by atoms with E-state index in [1.807, 2.05) is 0 Å². The molecule has 20 heavy (non-hydrogen) atoms. The molecule has 2 unspecified atom stereocenters.